The van der Waals surface area contributed by atoms with Gasteiger partial charge in [-0.25, -0.2) is 14.4 Å². The van der Waals surface area contributed by atoms with E-state index in [0.29, 0.717) is 40.7 Å². The van der Waals surface area contributed by atoms with E-state index >= 15 is 0 Å². The molecule has 4 aromatic rings. The minimum atomic E-state index is -0.554. The van der Waals surface area contributed by atoms with Crippen LogP contribution in [0.25, 0.3) is 16.6 Å². The predicted molar refractivity (Wildman–Crippen MR) is 131 cm³/mol. The van der Waals surface area contributed by atoms with Crippen molar-refractivity contribution in [1.29, 1.82) is 0 Å². The summed E-state index contributed by atoms with van der Waals surface area (Å²) in [7, 11) is 1.47. The lowest BCUT2D eigenvalue weighted by Gasteiger charge is -2.38. The highest BCUT2D eigenvalue weighted by Gasteiger charge is 2.32. The highest BCUT2D eigenvalue weighted by molar-refractivity contribution is 5.95. The molecule has 3 N–H and O–H groups in total. The van der Waals surface area contributed by atoms with Gasteiger partial charge in [-0.15, -0.1) is 5.10 Å². The Morgan fingerprint density at radius 3 is 2.74 bits per heavy atom. The Kier molecular flexibility index (Phi) is 5.54. The number of nitrogens with two attached hydrogens (primary N) is 1. The SMILES string of the molecule is COc1cc(F)cc2c1nc(N)n1nc([C@@H]3CC[C@H](C)N(c4cnn(C(C)(C)[C@H](C)O)c4)C3)nc21. The lowest BCUT2D eigenvalue weighted by molar-refractivity contribution is 0.0647. The second-order valence-corrected chi connectivity index (χ2v) is 9.93. The van der Waals surface area contributed by atoms with Gasteiger partial charge in [0.25, 0.3) is 0 Å². The number of aromatic nitrogens is 6. The summed E-state index contributed by atoms with van der Waals surface area (Å²) in [5.74, 6) is 0.710. The zero-order valence-corrected chi connectivity index (χ0v) is 20.6. The van der Waals surface area contributed by atoms with Crippen LogP contribution in [0.5, 0.6) is 5.75 Å². The number of aliphatic hydroxyl groups excluding tert-OH is 1. The normalized spacial score (nSPS) is 20.0. The Morgan fingerprint density at radius 2 is 2.03 bits per heavy atom. The third-order valence-corrected chi connectivity index (χ3v) is 7.33. The molecule has 0 spiro atoms. The second kappa shape index (κ2) is 8.33. The van der Waals surface area contributed by atoms with Gasteiger partial charge < -0.3 is 20.5 Å². The third kappa shape index (κ3) is 3.83. The first kappa shape index (κ1) is 23.3. The molecule has 186 valence electrons. The molecule has 0 aliphatic carbocycles. The number of rotatable bonds is 5. The first-order chi connectivity index (χ1) is 16.6. The van der Waals surface area contributed by atoms with Gasteiger partial charge in [0.15, 0.2) is 11.5 Å². The fraction of sp³-hybridized carbons (Fsp3) is 0.500. The van der Waals surface area contributed by atoms with Crippen molar-refractivity contribution in [3.8, 4) is 5.75 Å². The van der Waals surface area contributed by atoms with E-state index in [0.717, 1.165) is 18.5 Å². The minimum Gasteiger partial charge on any atom is -0.494 e. The average molecular weight is 483 g/mol. The second-order valence-electron chi connectivity index (χ2n) is 9.93. The number of hydrogen-bond acceptors (Lipinski definition) is 8. The summed E-state index contributed by atoms with van der Waals surface area (Å²) in [5, 5.41) is 19.9. The maximum absolute atomic E-state index is 14.3. The highest BCUT2D eigenvalue weighted by Crippen LogP contribution is 2.35. The summed E-state index contributed by atoms with van der Waals surface area (Å²) < 4.78 is 22.9. The van der Waals surface area contributed by atoms with Gasteiger partial charge in [0.1, 0.15) is 17.1 Å². The van der Waals surface area contributed by atoms with Crippen molar-refractivity contribution in [1.82, 2.24) is 29.4 Å². The molecule has 3 aromatic heterocycles. The Bertz CT molecular complexity index is 1400. The van der Waals surface area contributed by atoms with Gasteiger partial charge in [-0.1, -0.05) is 0 Å². The number of nitrogens with zero attached hydrogens (tertiary/aromatic N) is 7. The van der Waals surface area contributed by atoms with Crippen molar-refractivity contribution in [2.45, 2.75) is 64.1 Å². The van der Waals surface area contributed by atoms with Crippen molar-refractivity contribution in [3.63, 3.8) is 0 Å². The summed E-state index contributed by atoms with van der Waals surface area (Å²) in [4.78, 5) is 11.5. The van der Waals surface area contributed by atoms with Crippen LogP contribution in [0, 0.1) is 5.82 Å². The van der Waals surface area contributed by atoms with Gasteiger partial charge >= 0.3 is 0 Å². The van der Waals surface area contributed by atoms with Crippen LogP contribution in [0.15, 0.2) is 24.5 Å². The van der Waals surface area contributed by atoms with E-state index in [4.69, 9.17) is 15.5 Å². The molecule has 1 aliphatic rings. The molecule has 0 bridgehead atoms. The summed E-state index contributed by atoms with van der Waals surface area (Å²) >= 11 is 0. The fourth-order valence-electron chi connectivity index (χ4n) is 4.66. The molecule has 0 unspecified atom stereocenters. The number of anilines is 2. The van der Waals surface area contributed by atoms with E-state index in [1.54, 1.807) is 6.92 Å². The van der Waals surface area contributed by atoms with Gasteiger partial charge in [0.05, 0.1) is 36.0 Å². The molecule has 1 saturated heterocycles. The molecule has 10 nitrogen and oxygen atoms in total. The molecule has 0 radical (unpaired) electrons. The number of benzene rings is 1. The van der Waals surface area contributed by atoms with E-state index in [-0.39, 0.29) is 11.9 Å². The lowest BCUT2D eigenvalue weighted by atomic mass is 9.92. The molecule has 35 heavy (non-hydrogen) atoms. The predicted octanol–water partition coefficient (Wildman–Crippen LogP) is 3.09. The van der Waals surface area contributed by atoms with Crippen molar-refractivity contribution < 1.29 is 14.2 Å². The largest absolute Gasteiger partial charge is 0.494 e. The number of methoxy groups -OCH3 is 1. The van der Waals surface area contributed by atoms with Crippen LogP contribution in [0.3, 0.4) is 0 Å². The molecule has 1 aliphatic heterocycles. The molecule has 0 saturated carbocycles. The number of piperidine rings is 1. The molecule has 0 amide bonds. The highest BCUT2D eigenvalue weighted by atomic mass is 19.1. The number of ether oxygens (including phenoxy) is 1. The van der Waals surface area contributed by atoms with Gasteiger partial charge in [0, 0.05) is 30.8 Å². The molecule has 3 atom stereocenters. The first-order valence-electron chi connectivity index (χ1n) is 11.8. The number of halogens is 1. The maximum atomic E-state index is 14.3. The van der Waals surface area contributed by atoms with Crippen molar-refractivity contribution >= 4 is 28.2 Å². The van der Waals surface area contributed by atoms with Gasteiger partial charge in [-0.2, -0.15) is 9.61 Å². The van der Waals surface area contributed by atoms with E-state index in [1.807, 2.05) is 30.9 Å². The van der Waals surface area contributed by atoms with Gasteiger partial charge in [0.2, 0.25) is 5.95 Å². The van der Waals surface area contributed by atoms with Gasteiger partial charge in [-0.3, -0.25) is 4.68 Å². The number of fused-ring (bicyclic) bond motifs is 3. The molecule has 11 heteroatoms. The van der Waals surface area contributed by atoms with E-state index in [2.05, 4.69) is 27.0 Å². The number of nitrogen functional groups attached to an aromatic ring is 1. The zero-order valence-electron chi connectivity index (χ0n) is 20.6. The summed E-state index contributed by atoms with van der Waals surface area (Å²) in [6, 6.07) is 2.97. The standard InChI is InChI=1S/C24H31FN8O2/c1-13-6-7-15(11-31(13)17-10-27-32(12-17)24(3,4)14(2)34)21-29-22-18-8-16(25)9-19(35-5)20(18)28-23(26)33(22)30-21/h8-10,12-15,34H,6-7,11H2,1-5H3,(H2,26,28)/t13-,14-,15+/m0/s1. The number of hydrogen-bond donors (Lipinski definition) is 2. The quantitative estimate of drug-likeness (QED) is 0.445. The van der Waals surface area contributed by atoms with Crippen molar-refractivity contribution in [2.75, 3.05) is 24.3 Å². The van der Waals surface area contributed by atoms with E-state index in [1.165, 1.54) is 23.8 Å². The zero-order chi connectivity index (χ0) is 25.1. The lowest BCUT2D eigenvalue weighted by Crippen LogP contribution is -2.41. The smallest absolute Gasteiger partial charge is 0.223 e. The molecule has 1 fully saturated rings. The molecule has 1 aromatic carbocycles. The van der Waals surface area contributed by atoms with Crippen molar-refractivity contribution in [3.05, 3.63) is 36.2 Å². The Labute approximate surface area is 202 Å². The molecular weight excluding hydrogens is 451 g/mol. The van der Waals surface area contributed by atoms with Crippen LogP contribution in [-0.2, 0) is 5.54 Å². The third-order valence-electron chi connectivity index (χ3n) is 7.33. The summed E-state index contributed by atoms with van der Waals surface area (Å²) in [6.07, 6.45) is 5.12. The Balaban J connectivity index is 1.51. The van der Waals surface area contributed by atoms with Crippen molar-refractivity contribution in [2.24, 2.45) is 0 Å². The maximum Gasteiger partial charge on any atom is 0.223 e. The minimum absolute atomic E-state index is 0.0455. The van der Waals surface area contributed by atoms with Crippen LogP contribution in [-0.4, -0.2) is 60.3 Å². The summed E-state index contributed by atoms with van der Waals surface area (Å²) in [6.45, 7) is 8.56. The van der Waals surface area contributed by atoms with E-state index < -0.39 is 17.5 Å². The topological polar surface area (TPSA) is 120 Å². The van der Waals surface area contributed by atoms with Crippen LogP contribution < -0.4 is 15.4 Å². The number of aliphatic hydroxyl groups is 1. The monoisotopic (exact) mass is 482 g/mol. The Hall–Kier alpha value is -3.47. The average Bonchev–Trinajstić information content (AvgIpc) is 3.48. The first-order valence-corrected chi connectivity index (χ1v) is 11.8. The van der Waals surface area contributed by atoms with Gasteiger partial charge in [-0.05, 0) is 46.6 Å². The molecule has 4 heterocycles. The molecular formula is C24H31FN8O2. The Morgan fingerprint density at radius 1 is 1.26 bits per heavy atom. The molecule has 5 rings (SSSR count). The fourth-order valence-corrected chi connectivity index (χ4v) is 4.66. The van der Waals surface area contributed by atoms with E-state index in [9.17, 15) is 9.50 Å². The van der Waals surface area contributed by atoms with Crippen LogP contribution >= 0.6 is 0 Å². The van der Waals surface area contributed by atoms with Crippen LogP contribution in [0.2, 0.25) is 0 Å². The summed E-state index contributed by atoms with van der Waals surface area (Å²) in [5.41, 5.74) is 7.56. The van der Waals surface area contributed by atoms with Crippen LogP contribution in [0.4, 0.5) is 16.0 Å². The van der Waals surface area contributed by atoms with Crippen LogP contribution in [0.1, 0.15) is 52.3 Å².